The van der Waals surface area contributed by atoms with Gasteiger partial charge in [-0.05, 0) is 74.3 Å². The van der Waals surface area contributed by atoms with Crippen molar-refractivity contribution in [2.75, 3.05) is 21.3 Å². The molecule has 0 aromatic heterocycles. The lowest BCUT2D eigenvalue weighted by molar-refractivity contribution is -0.181. The van der Waals surface area contributed by atoms with Gasteiger partial charge in [0.1, 0.15) is 0 Å². The SMILES string of the molecule is C.CC1(C(F)(F)F)CC1.CCC.CCC(CC)OC.CNC(C)(C)C.COC(C)(C)C. The zero-order valence-electron chi connectivity index (χ0n) is 22.6. The molecule has 0 unspecified atom stereocenters. The van der Waals surface area contributed by atoms with Crippen molar-refractivity contribution in [1.29, 1.82) is 0 Å². The molecule has 1 fully saturated rings. The molecule has 0 atom stereocenters. The summed E-state index contributed by atoms with van der Waals surface area (Å²) in [5.41, 5.74) is -0.979. The van der Waals surface area contributed by atoms with Crippen LogP contribution in [-0.4, -0.2) is 44.7 Å². The molecule has 0 aliphatic heterocycles. The molecule has 1 rings (SSSR count). The van der Waals surface area contributed by atoms with Gasteiger partial charge in [0.15, 0.2) is 0 Å². The van der Waals surface area contributed by atoms with Crippen LogP contribution in [0.5, 0.6) is 0 Å². The molecule has 0 amide bonds. The van der Waals surface area contributed by atoms with E-state index in [1.54, 1.807) is 14.2 Å². The smallest absolute Gasteiger partial charge is 0.381 e. The third-order valence-corrected chi connectivity index (χ3v) is 4.29. The summed E-state index contributed by atoms with van der Waals surface area (Å²) in [7, 11) is 5.43. The summed E-state index contributed by atoms with van der Waals surface area (Å²) in [4.78, 5) is 0. The van der Waals surface area contributed by atoms with E-state index in [0.717, 1.165) is 12.8 Å². The highest BCUT2D eigenvalue weighted by atomic mass is 19.4. The largest absolute Gasteiger partial charge is 0.394 e. The van der Waals surface area contributed by atoms with Crippen LogP contribution in [-0.2, 0) is 9.47 Å². The maximum atomic E-state index is 11.6. The first-order valence-corrected chi connectivity index (χ1v) is 11.2. The van der Waals surface area contributed by atoms with Gasteiger partial charge in [0.25, 0.3) is 0 Å². The fourth-order valence-electron chi connectivity index (χ4n) is 1.09. The quantitative estimate of drug-likeness (QED) is 0.456. The van der Waals surface area contributed by atoms with Crippen molar-refractivity contribution in [2.24, 2.45) is 5.41 Å². The number of nitrogens with one attached hydrogen (secondary N) is 1. The molecule has 1 aliphatic carbocycles. The molecule has 0 aromatic rings. The molecule has 0 heterocycles. The Morgan fingerprint density at radius 2 is 1.13 bits per heavy atom. The summed E-state index contributed by atoms with van der Waals surface area (Å²) in [6.45, 7) is 22.2. The van der Waals surface area contributed by atoms with Crippen molar-refractivity contribution >= 4 is 0 Å². The second-order valence-corrected chi connectivity index (χ2v) is 9.76. The first kappa shape index (κ1) is 41.0. The third-order valence-electron chi connectivity index (χ3n) is 4.29. The van der Waals surface area contributed by atoms with Gasteiger partial charge in [0, 0.05) is 19.8 Å². The van der Waals surface area contributed by atoms with Gasteiger partial charge in [-0.25, -0.2) is 0 Å². The fraction of sp³-hybridized carbons (Fsp3) is 1.00. The highest BCUT2D eigenvalue weighted by molar-refractivity contribution is 4.94. The number of hydrogen-bond donors (Lipinski definition) is 1. The Morgan fingerprint density at radius 3 is 1.13 bits per heavy atom. The topological polar surface area (TPSA) is 30.5 Å². The number of halogens is 3. The first-order valence-electron chi connectivity index (χ1n) is 11.2. The van der Waals surface area contributed by atoms with Gasteiger partial charge in [-0.2, -0.15) is 13.2 Å². The molecule has 31 heavy (non-hydrogen) atoms. The molecule has 0 bridgehead atoms. The van der Waals surface area contributed by atoms with Gasteiger partial charge in [0.05, 0.1) is 17.1 Å². The van der Waals surface area contributed by atoms with Crippen LogP contribution in [0.15, 0.2) is 0 Å². The van der Waals surface area contributed by atoms with Crippen LogP contribution in [0.25, 0.3) is 0 Å². The van der Waals surface area contributed by atoms with E-state index < -0.39 is 11.6 Å². The van der Waals surface area contributed by atoms with E-state index in [-0.39, 0.29) is 13.0 Å². The summed E-state index contributed by atoms with van der Waals surface area (Å²) >= 11 is 0. The van der Waals surface area contributed by atoms with Crippen LogP contribution in [0.2, 0.25) is 0 Å². The van der Waals surface area contributed by atoms with E-state index in [4.69, 9.17) is 9.47 Å². The van der Waals surface area contributed by atoms with Crippen molar-refractivity contribution in [2.45, 2.75) is 139 Å². The van der Waals surface area contributed by atoms with Crippen molar-refractivity contribution in [3.05, 3.63) is 0 Å². The maximum Gasteiger partial charge on any atom is 0.394 e. The Labute approximate surface area is 194 Å². The lowest BCUT2D eigenvalue weighted by Crippen LogP contribution is -2.31. The first-order chi connectivity index (χ1) is 13.3. The average molecular weight is 462 g/mol. The zero-order chi connectivity index (χ0) is 25.2. The van der Waals surface area contributed by atoms with Crippen LogP contribution < -0.4 is 5.32 Å². The summed E-state index contributed by atoms with van der Waals surface area (Å²) in [5, 5.41) is 3.10. The van der Waals surface area contributed by atoms with Crippen molar-refractivity contribution in [3.8, 4) is 0 Å². The number of alkyl halides is 3. The lowest BCUT2D eigenvalue weighted by atomic mass is 10.1. The van der Waals surface area contributed by atoms with Gasteiger partial charge in [-0.15, -0.1) is 0 Å². The Kier molecular flexibility index (Phi) is 26.8. The molecule has 0 spiro atoms. The van der Waals surface area contributed by atoms with E-state index in [1.165, 1.54) is 13.3 Å². The Balaban J connectivity index is -0.0000000927. The fourth-order valence-corrected chi connectivity index (χ4v) is 1.09. The van der Waals surface area contributed by atoms with E-state index in [2.05, 4.69) is 53.8 Å². The minimum atomic E-state index is -3.95. The summed E-state index contributed by atoms with van der Waals surface area (Å²) in [5.74, 6) is 0. The molecule has 3 nitrogen and oxygen atoms in total. The lowest BCUT2D eigenvalue weighted by Gasteiger charge is -2.15. The molecule has 0 aromatic carbocycles. The molecule has 6 heteroatoms. The number of rotatable bonds is 3. The number of hydrogen-bond acceptors (Lipinski definition) is 3. The van der Waals surface area contributed by atoms with Crippen molar-refractivity contribution < 1.29 is 22.6 Å². The van der Waals surface area contributed by atoms with Crippen molar-refractivity contribution in [1.82, 2.24) is 5.32 Å². The molecule has 196 valence electrons. The average Bonchev–Trinajstić information content (AvgIpc) is 3.37. The van der Waals surface area contributed by atoms with Gasteiger partial charge in [0.2, 0.25) is 0 Å². The monoisotopic (exact) mass is 461 g/mol. The zero-order valence-corrected chi connectivity index (χ0v) is 22.6. The molecule has 1 saturated carbocycles. The van der Waals surface area contributed by atoms with E-state index in [9.17, 15) is 13.2 Å². The molecule has 1 N–H and O–H groups in total. The van der Waals surface area contributed by atoms with E-state index >= 15 is 0 Å². The highest BCUT2D eigenvalue weighted by Crippen LogP contribution is 2.56. The Bertz CT molecular complexity index is 328. The Hall–Kier alpha value is -0.330. The molecule has 0 saturated heterocycles. The van der Waals surface area contributed by atoms with E-state index in [0.29, 0.717) is 24.5 Å². The third kappa shape index (κ3) is 34.5. The van der Waals surface area contributed by atoms with Crippen LogP contribution in [0, 0.1) is 5.41 Å². The molecular weight excluding hydrogens is 403 g/mol. The van der Waals surface area contributed by atoms with Crippen LogP contribution >= 0.6 is 0 Å². The predicted molar refractivity (Wildman–Crippen MR) is 133 cm³/mol. The molecular formula is C25H58F3NO2. The normalized spacial score (nSPS) is 14.1. The second-order valence-electron chi connectivity index (χ2n) is 9.76. The van der Waals surface area contributed by atoms with Crippen molar-refractivity contribution in [3.63, 3.8) is 0 Å². The van der Waals surface area contributed by atoms with Gasteiger partial charge in [-0.1, -0.05) is 48.5 Å². The summed E-state index contributed by atoms with van der Waals surface area (Å²) in [6.07, 6.45) is 0.681. The van der Waals surface area contributed by atoms with Gasteiger partial charge in [-0.3, -0.25) is 0 Å². The Morgan fingerprint density at radius 1 is 0.871 bits per heavy atom. The standard InChI is InChI=1S/C6H14O.C5H7F3.C5H13N.C5H12O.C3H8.CH4/c1-4-6(5-2)7-3;1-4(2-3-4)5(6,7)8;2*1-5(2,3)6-4;1-3-2;/h6H,4-5H2,1-3H3;2-3H2,1H3;6H,1-4H3;1-4H3;3H2,1-2H3;1H4. The van der Waals surface area contributed by atoms with E-state index in [1.807, 2.05) is 27.8 Å². The molecule has 0 radical (unpaired) electrons. The number of methoxy groups -OCH3 is 2. The minimum Gasteiger partial charge on any atom is -0.381 e. The van der Waals surface area contributed by atoms with Gasteiger partial charge < -0.3 is 14.8 Å². The maximum absolute atomic E-state index is 11.6. The summed E-state index contributed by atoms with van der Waals surface area (Å²) in [6, 6.07) is 0. The second kappa shape index (κ2) is 20.3. The van der Waals surface area contributed by atoms with Crippen LogP contribution in [0.4, 0.5) is 13.2 Å². The summed E-state index contributed by atoms with van der Waals surface area (Å²) < 4.78 is 44.9. The molecule has 1 aliphatic rings. The number of ether oxygens (including phenoxy) is 2. The van der Waals surface area contributed by atoms with Crippen LogP contribution in [0.1, 0.15) is 116 Å². The van der Waals surface area contributed by atoms with Gasteiger partial charge >= 0.3 is 6.18 Å². The minimum absolute atomic E-state index is 0. The predicted octanol–water partition coefficient (Wildman–Crippen LogP) is 8.66. The van der Waals surface area contributed by atoms with Crippen LogP contribution in [0.3, 0.4) is 0 Å². The highest BCUT2D eigenvalue weighted by Gasteiger charge is 2.59.